The summed E-state index contributed by atoms with van der Waals surface area (Å²) in [5.41, 5.74) is 1.08. The number of nitrogens with one attached hydrogen (secondary N) is 1. The average Bonchev–Trinajstić information content (AvgIpc) is 3.03. The molecule has 2 aromatic rings. The fourth-order valence-electron chi connectivity index (χ4n) is 2.86. The van der Waals surface area contributed by atoms with E-state index in [1.165, 1.54) is 12.8 Å². The molecule has 4 nitrogen and oxygen atoms in total. The van der Waals surface area contributed by atoms with Crippen LogP contribution in [0.5, 0.6) is 0 Å². The van der Waals surface area contributed by atoms with Crippen LogP contribution < -0.4 is 10.2 Å². The van der Waals surface area contributed by atoms with Crippen LogP contribution in [-0.4, -0.2) is 29.7 Å². The number of nitrogens with zero attached hydrogens (tertiary/aromatic N) is 2. The van der Waals surface area contributed by atoms with Gasteiger partial charge in [0.1, 0.15) is 11.4 Å². The number of rotatable bonds is 3. The van der Waals surface area contributed by atoms with E-state index in [1.54, 1.807) is 6.26 Å². The summed E-state index contributed by atoms with van der Waals surface area (Å²) in [7, 11) is 0. The molecule has 3 rings (SSSR count). The van der Waals surface area contributed by atoms with Gasteiger partial charge in [-0.25, -0.2) is 4.98 Å². The van der Waals surface area contributed by atoms with Gasteiger partial charge in [-0.2, -0.15) is 0 Å². The summed E-state index contributed by atoms with van der Waals surface area (Å²) in [6, 6.07) is 4.46. The summed E-state index contributed by atoms with van der Waals surface area (Å²) in [5.74, 6) is 1.06. The van der Waals surface area contributed by atoms with Gasteiger partial charge < -0.3 is 14.6 Å². The molecule has 1 atom stereocenters. The molecule has 0 aromatic carbocycles. The van der Waals surface area contributed by atoms with Crippen molar-refractivity contribution in [2.45, 2.75) is 45.2 Å². The molecule has 0 saturated carbocycles. The third kappa shape index (κ3) is 2.66. The van der Waals surface area contributed by atoms with E-state index in [9.17, 15) is 0 Å². The molecule has 1 aliphatic heterocycles. The molecule has 0 amide bonds. The molecule has 0 bridgehead atoms. The molecule has 1 fully saturated rings. The Balaban J connectivity index is 1.83. The third-order valence-corrected chi connectivity index (χ3v) is 3.88. The summed E-state index contributed by atoms with van der Waals surface area (Å²) in [4.78, 5) is 7.02. The van der Waals surface area contributed by atoms with Gasteiger partial charge in [-0.05, 0) is 45.7 Å². The summed E-state index contributed by atoms with van der Waals surface area (Å²) in [6.45, 7) is 8.71. The zero-order valence-corrected chi connectivity index (χ0v) is 12.5. The monoisotopic (exact) mass is 273 g/mol. The standard InChI is InChI=1S/C16H23N3O/c1-16(2,3)18-11-12-5-4-9-19(12)15-13-7-10-20-14(13)6-8-17-15/h6-8,10,12,18H,4-5,9,11H2,1-3H3. The number of pyridine rings is 1. The minimum Gasteiger partial charge on any atom is -0.464 e. The van der Waals surface area contributed by atoms with Crippen LogP contribution >= 0.6 is 0 Å². The lowest BCUT2D eigenvalue weighted by Crippen LogP contribution is -2.45. The number of furan rings is 1. The summed E-state index contributed by atoms with van der Waals surface area (Å²) in [5, 5.41) is 4.73. The van der Waals surface area contributed by atoms with Gasteiger partial charge in [0.15, 0.2) is 0 Å². The third-order valence-electron chi connectivity index (χ3n) is 3.88. The highest BCUT2D eigenvalue weighted by atomic mass is 16.3. The molecule has 1 aliphatic rings. The fourth-order valence-corrected chi connectivity index (χ4v) is 2.86. The molecule has 4 heteroatoms. The maximum Gasteiger partial charge on any atom is 0.139 e. The van der Waals surface area contributed by atoms with E-state index in [1.807, 2.05) is 18.3 Å². The van der Waals surface area contributed by atoms with Gasteiger partial charge >= 0.3 is 0 Å². The van der Waals surface area contributed by atoms with Crippen LogP contribution in [0.15, 0.2) is 29.0 Å². The molecule has 1 unspecified atom stereocenters. The number of anilines is 1. The van der Waals surface area contributed by atoms with Crippen LogP contribution in [0, 0.1) is 0 Å². The van der Waals surface area contributed by atoms with Gasteiger partial charge in [0.05, 0.1) is 11.6 Å². The molecule has 3 heterocycles. The summed E-state index contributed by atoms with van der Waals surface area (Å²) in [6.07, 6.45) is 6.04. The highest BCUT2D eigenvalue weighted by molar-refractivity contribution is 5.88. The van der Waals surface area contributed by atoms with Crippen LogP contribution in [0.2, 0.25) is 0 Å². The first kappa shape index (κ1) is 13.4. The van der Waals surface area contributed by atoms with Crippen molar-refractivity contribution in [1.29, 1.82) is 0 Å². The molecule has 1 saturated heterocycles. The second-order valence-electron chi connectivity index (χ2n) is 6.59. The van der Waals surface area contributed by atoms with Crippen molar-refractivity contribution in [2.24, 2.45) is 0 Å². The Morgan fingerprint density at radius 3 is 3.05 bits per heavy atom. The first-order chi connectivity index (χ1) is 9.54. The predicted molar refractivity (Wildman–Crippen MR) is 82.1 cm³/mol. The molecule has 0 spiro atoms. The van der Waals surface area contributed by atoms with Crippen molar-refractivity contribution >= 4 is 16.8 Å². The SMILES string of the molecule is CC(C)(C)NCC1CCCN1c1nccc2occc12. The van der Waals surface area contributed by atoms with Gasteiger partial charge in [0.25, 0.3) is 0 Å². The van der Waals surface area contributed by atoms with E-state index >= 15 is 0 Å². The van der Waals surface area contributed by atoms with Gasteiger partial charge in [-0.3, -0.25) is 0 Å². The van der Waals surface area contributed by atoms with Gasteiger partial charge in [0.2, 0.25) is 0 Å². The Kier molecular flexibility index (Phi) is 3.42. The average molecular weight is 273 g/mol. The van der Waals surface area contributed by atoms with Gasteiger partial charge in [-0.1, -0.05) is 0 Å². The van der Waals surface area contributed by atoms with Crippen LogP contribution in [0.1, 0.15) is 33.6 Å². The lowest BCUT2D eigenvalue weighted by atomic mass is 10.1. The second kappa shape index (κ2) is 5.09. The Bertz CT molecular complexity index is 585. The molecule has 1 N–H and O–H groups in total. The van der Waals surface area contributed by atoms with E-state index < -0.39 is 0 Å². The highest BCUT2D eigenvalue weighted by Crippen LogP contribution is 2.30. The Morgan fingerprint density at radius 1 is 1.40 bits per heavy atom. The van der Waals surface area contributed by atoms with Crippen LogP contribution in [0.4, 0.5) is 5.82 Å². The van der Waals surface area contributed by atoms with E-state index in [0.717, 1.165) is 29.9 Å². The van der Waals surface area contributed by atoms with Crippen molar-refractivity contribution in [3.8, 4) is 0 Å². The topological polar surface area (TPSA) is 41.3 Å². The van der Waals surface area contributed by atoms with Crippen molar-refractivity contribution in [2.75, 3.05) is 18.0 Å². The lowest BCUT2D eigenvalue weighted by Gasteiger charge is -2.30. The minimum absolute atomic E-state index is 0.156. The lowest BCUT2D eigenvalue weighted by molar-refractivity contribution is 0.404. The van der Waals surface area contributed by atoms with E-state index in [0.29, 0.717) is 6.04 Å². The smallest absolute Gasteiger partial charge is 0.139 e. The van der Waals surface area contributed by atoms with Crippen LogP contribution in [0.25, 0.3) is 11.0 Å². The maximum atomic E-state index is 5.49. The van der Waals surface area contributed by atoms with Crippen molar-refractivity contribution in [3.63, 3.8) is 0 Å². The Labute approximate surface area is 120 Å². The molecule has 0 radical (unpaired) electrons. The molecular weight excluding hydrogens is 250 g/mol. The van der Waals surface area contributed by atoms with Crippen molar-refractivity contribution in [1.82, 2.24) is 10.3 Å². The second-order valence-corrected chi connectivity index (χ2v) is 6.59. The van der Waals surface area contributed by atoms with Crippen LogP contribution in [-0.2, 0) is 0 Å². The first-order valence-corrected chi connectivity index (χ1v) is 7.38. The highest BCUT2D eigenvalue weighted by Gasteiger charge is 2.28. The summed E-state index contributed by atoms with van der Waals surface area (Å²) < 4.78 is 5.49. The zero-order valence-electron chi connectivity index (χ0n) is 12.5. The normalized spacial score (nSPS) is 19.9. The number of aromatic nitrogens is 1. The molecular formula is C16H23N3O. The van der Waals surface area contributed by atoms with Crippen molar-refractivity contribution in [3.05, 3.63) is 24.6 Å². The predicted octanol–water partition coefficient (Wildman–Crippen LogP) is 3.18. The fraction of sp³-hybridized carbons (Fsp3) is 0.562. The number of hydrogen-bond donors (Lipinski definition) is 1. The van der Waals surface area contributed by atoms with Crippen LogP contribution in [0.3, 0.4) is 0 Å². The quantitative estimate of drug-likeness (QED) is 0.932. The molecule has 20 heavy (non-hydrogen) atoms. The number of hydrogen-bond acceptors (Lipinski definition) is 4. The largest absolute Gasteiger partial charge is 0.464 e. The van der Waals surface area contributed by atoms with E-state index in [-0.39, 0.29) is 5.54 Å². The molecule has 108 valence electrons. The maximum absolute atomic E-state index is 5.49. The van der Waals surface area contributed by atoms with Crippen molar-refractivity contribution < 1.29 is 4.42 Å². The Hall–Kier alpha value is -1.55. The van der Waals surface area contributed by atoms with E-state index in [4.69, 9.17) is 4.42 Å². The first-order valence-electron chi connectivity index (χ1n) is 7.38. The van der Waals surface area contributed by atoms with Gasteiger partial charge in [0, 0.05) is 30.9 Å². The van der Waals surface area contributed by atoms with E-state index in [2.05, 4.69) is 36.0 Å². The summed E-state index contributed by atoms with van der Waals surface area (Å²) >= 11 is 0. The number of fused-ring (bicyclic) bond motifs is 1. The minimum atomic E-state index is 0.156. The molecule has 2 aromatic heterocycles. The Morgan fingerprint density at radius 2 is 2.25 bits per heavy atom. The van der Waals surface area contributed by atoms with Gasteiger partial charge in [-0.15, -0.1) is 0 Å². The zero-order chi connectivity index (χ0) is 14.2. The molecule has 0 aliphatic carbocycles.